The Balaban J connectivity index is 2.38. The summed E-state index contributed by atoms with van der Waals surface area (Å²) in [5, 5.41) is 2.90. The smallest absolute Gasteiger partial charge is 0.220 e. The van der Waals surface area contributed by atoms with E-state index in [0.29, 0.717) is 19.4 Å². The molecule has 0 aromatic heterocycles. The Hall–Kier alpha value is -1.55. The fraction of sp³-hybridized carbons (Fsp3) is 0.562. The lowest BCUT2D eigenvalue weighted by atomic mass is 10.2. The zero-order valence-corrected chi connectivity index (χ0v) is 12.7. The first-order chi connectivity index (χ1) is 9.51. The van der Waals surface area contributed by atoms with Gasteiger partial charge in [0.15, 0.2) is 0 Å². The lowest BCUT2D eigenvalue weighted by Gasteiger charge is -2.18. The van der Waals surface area contributed by atoms with E-state index in [9.17, 15) is 4.79 Å². The van der Waals surface area contributed by atoms with Gasteiger partial charge in [0, 0.05) is 12.5 Å². The lowest BCUT2D eigenvalue weighted by molar-refractivity contribution is -0.121. The minimum absolute atomic E-state index is 0.00366. The fourth-order valence-electron chi connectivity index (χ4n) is 1.83. The van der Waals surface area contributed by atoms with Gasteiger partial charge in [-0.2, -0.15) is 0 Å². The van der Waals surface area contributed by atoms with Crippen LogP contribution in [0.3, 0.4) is 0 Å². The van der Waals surface area contributed by atoms with Crippen molar-refractivity contribution in [2.75, 3.05) is 6.54 Å². The molecule has 0 aliphatic carbocycles. The zero-order valence-electron chi connectivity index (χ0n) is 12.7. The van der Waals surface area contributed by atoms with Gasteiger partial charge in [0.2, 0.25) is 5.91 Å². The number of benzene rings is 1. The average molecular weight is 278 g/mol. The molecule has 1 aromatic rings. The third kappa shape index (κ3) is 6.57. The Morgan fingerprint density at radius 2 is 2.20 bits per heavy atom. The third-order valence-corrected chi connectivity index (χ3v) is 3.10. The first-order valence-electron chi connectivity index (χ1n) is 7.26. The van der Waals surface area contributed by atoms with Crippen molar-refractivity contribution in [3.05, 3.63) is 29.8 Å². The number of amides is 1. The number of nitrogens with one attached hydrogen (secondary N) is 1. The third-order valence-electron chi connectivity index (χ3n) is 3.10. The van der Waals surface area contributed by atoms with Crippen LogP contribution in [0, 0.1) is 6.92 Å². The Kier molecular flexibility index (Phi) is 7.09. The van der Waals surface area contributed by atoms with Crippen LogP contribution in [0.4, 0.5) is 0 Å². The first-order valence-corrected chi connectivity index (χ1v) is 7.26. The maximum absolute atomic E-state index is 11.7. The standard InChI is InChI=1S/C16H26N2O2/c1-4-14(11-18-16(19)9-8-13(3)17)20-15-7-5-6-12(2)10-15/h5-7,10,13-14H,4,8-9,11,17H2,1-3H3,(H,18,19). The molecule has 0 saturated carbocycles. The molecule has 1 rings (SSSR count). The van der Waals surface area contributed by atoms with Crippen molar-refractivity contribution in [2.45, 2.75) is 52.2 Å². The molecule has 0 heterocycles. The van der Waals surface area contributed by atoms with E-state index in [1.807, 2.05) is 38.1 Å². The molecule has 0 aliphatic heterocycles. The summed E-state index contributed by atoms with van der Waals surface area (Å²) in [6.45, 7) is 6.52. The normalized spacial score (nSPS) is 13.6. The molecule has 112 valence electrons. The summed E-state index contributed by atoms with van der Waals surface area (Å²) >= 11 is 0. The van der Waals surface area contributed by atoms with Crippen molar-refractivity contribution in [1.82, 2.24) is 5.32 Å². The van der Waals surface area contributed by atoms with Crippen molar-refractivity contribution in [3.8, 4) is 5.75 Å². The lowest BCUT2D eigenvalue weighted by Crippen LogP contribution is -2.35. The van der Waals surface area contributed by atoms with Crippen LogP contribution < -0.4 is 15.8 Å². The molecule has 0 spiro atoms. The molecule has 0 saturated heterocycles. The second kappa shape index (κ2) is 8.59. The highest BCUT2D eigenvalue weighted by Crippen LogP contribution is 2.15. The van der Waals surface area contributed by atoms with Crippen molar-refractivity contribution in [3.63, 3.8) is 0 Å². The molecule has 1 aromatic carbocycles. The summed E-state index contributed by atoms with van der Waals surface area (Å²) in [6.07, 6.45) is 2.03. The van der Waals surface area contributed by atoms with E-state index in [-0.39, 0.29) is 18.1 Å². The van der Waals surface area contributed by atoms with Gasteiger partial charge < -0.3 is 15.8 Å². The number of hydrogen-bond donors (Lipinski definition) is 2. The molecule has 2 unspecified atom stereocenters. The van der Waals surface area contributed by atoms with Gasteiger partial charge in [-0.25, -0.2) is 0 Å². The summed E-state index contributed by atoms with van der Waals surface area (Å²) in [5.41, 5.74) is 6.80. The Bertz CT molecular complexity index is 419. The van der Waals surface area contributed by atoms with Crippen LogP contribution in [-0.2, 0) is 4.79 Å². The molecule has 0 radical (unpaired) electrons. The van der Waals surface area contributed by atoms with Crippen molar-refractivity contribution in [1.29, 1.82) is 0 Å². The van der Waals surface area contributed by atoms with Crippen molar-refractivity contribution < 1.29 is 9.53 Å². The predicted molar refractivity (Wildman–Crippen MR) is 81.8 cm³/mol. The van der Waals surface area contributed by atoms with E-state index in [1.165, 1.54) is 5.56 Å². The number of ether oxygens (including phenoxy) is 1. The topological polar surface area (TPSA) is 64.4 Å². The van der Waals surface area contributed by atoms with Gasteiger partial charge in [0.25, 0.3) is 0 Å². The van der Waals surface area contributed by atoms with Gasteiger partial charge in [0.05, 0.1) is 6.54 Å². The average Bonchev–Trinajstić information content (AvgIpc) is 2.41. The molecule has 2 atom stereocenters. The van der Waals surface area contributed by atoms with E-state index in [0.717, 1.165) is 12.2 Å². The highest BCUT2D eigenvalue weighted by molar-refractivity contribution is 5.75. The van der Waals surface area contributed by atoms with Crippen LogP contribution in [0.25, 0.3) is 0 Å². The quantitative estimate of drug-likeness (QED) is 0.767. The number of aryl methyl sites for hydroxylation is 1. The molecule has 4 heteroatoms. The Labute approximate surface area is 121 Å². The zero-order chi connectivity index (χ0) is 15.0. The Morgan fingerprint density at radius 1 is 1.45 bits per heavy atom. The number of carbonyl (C=O) groups is 1. The van der Waals surface area contributed by atoms with Crippen LogP contribution in [0.1, 0.15) is 38.7 Å². The highest BCUT2D eigenvalue weighted by atomic mass is 16.5. The van der Waals surface area contributed by atoms with Crippen LogP contribution in [0.15, 0.2) is 24.3 Å². The molecule has 0 fully saturated rings. The van der Waals surface area contributed by atoms with Gasteiger partial charge >= 0.3 is 0 Å². The van der Waals surface area contributed by atoms with Gasteiger partial charge in [-0.3, -0.25) is 4.79 Å². The molecule has 3 N–H and O–H groups in total. The monoisotopic (exact) mass is 278 g/mol. The number of rotatable bonds is 8. The first kappa shape index (κ1) is 16.5. The summed E-state index contributed by atoms with van der Waals surface area (Å²) in [6, 6.07) is 8.00. The van der Waals surface area contributed by atoms with Gasteiger partial charge in [0.1, 0.15) is 11.9 Å². The van der Waals surface area contributed by atoms with Crippen LogP contribution in [-0.4, -0.2) is 24.6 Å². The number of hydrogen-bond acceptors (Lipinski definition) is 3. The molecule has 1 amide bonds. The minimum atomic E-state index is -0.00366. The summed E-state index contributed by atoms with van der Waals surface area (Å²) in [7, 11) is 0. The van der Waals surface area contributed by atoms with Crippen LogP contribution >= 0.6 is 0 Å². The number of nitrogens with two attached hydrogens (primary N) is 1. The van der Waals surface area contributed by atoms with Gasteiger partial charge in [-0.05, 0) is 44.4 Å². The summed E-state index contributed by atoms with van der Waals surface area (Å²) in [5.74, 6) is 0.885. The second-order valence-electron chi connectivity index (χ2n) is 5.28. The van der Waals surface area contributed by atoms with Crippen molar-refractivity contribution in [2.24, 2.45) is 5.73 Å². The molecule has 20 heavy (non-hydrogen) atoms. The van der Waals surface area contributed by atoms with Crippen molar-refractivity contribution >= 4 is 5.91 Å². The van der Waals surface area contributed by atoms with Crippen LogP contribution in [0.2, 0.25) is 0 Å². The molecule has 0 bridgehead atoms. The number of carbonyl (C=O) groups excluding carboxylic acids is 1. The second-order valence-corrected chi connectivity index (χ2v) is 5.28. The van der Waals surface area contributed by atoms with E-state index >= 15 is 0 Å². The largest absolute Gasteiger partial charge is 0.489 e. The van der Waals surface area contributed by atoms with E-state index < -0.39 is 0 Å². The fourth-order valence-corrected chi connectivity index (χ4v) is 1.83. The SMILES string of the molecule is CCC(CNC(=O)CCC(C)N)Oc1cccc(C)c1. The molecular weight excluding hydrogens is 252 g/mol. The summed E-state index contributed by atoms with van der Waals surface area (Å²) < 4.78 is 5.88. The molecule has 4 nitrogen and oxygen atoms in total. The van der Waals surface area contributed by atoms with Gasteiger partial charge in [-0.1, -0.05) is 19.1 Å². The maximum Gasteiger partial charge on any atom is 0.220 e. The summed E-state index contributed by atoms with van der Waals surface area (Å²) in [4.78, 5) is 11.7. The minimum Gasteiger partial charge on any atom is -0.489 e. The molecular formula is C16H26N2O2. The molecule has 0 aliphatic rings. The van der Waals surface area contributed by atoms with E-state index in [2.05, 4.69) is 12.2 Å². The van der Waals surface area contributed by atoms with E-state index in [1.54, 1.807) is 0 Å². The maximum atomic E-state index is 11.7. The van der Waals surface area contributed by atoms with E-state index in [4.69, 9.17) is 10.5 Å². The highest BCUT2D eigenvalue weighted by Gasteiger charge is 2.10. The van der Waals surface area contributed by atoms with Gasteiger partial charge in [-0.15, -0.1) is 0 Å². The Morgan fingerprint density at radius 3 is 2.80 bits per heavy atom. The van der Waals surface area contributed by atoms with Crippen LogP contribution in [0.5, 0.6) is 5.75 Å². The predicted octanol–water partition coefficient (Wildman–Crippen LogP) is 2.40.